The Morgan fingerprint density at radius 1 is 1.15 bits per heavy atom. The SMILES string of the molecule is CS(=O)(=O)N(CC(=O)NCCOCc1ccccc1)c1cccc(Br)c1. The summed E-state index contributed by atoms with van der Waals surface area (Å²) < 4.78 is 31.3. The molecule has 0 unspecified atom stereocenters. The Morgan fingerprint density at radius 3 is 2.54 bits per heavy atom. The quantitative estimate of drug-likeness (QED) is 0.607. The highest BCUT2D eigenvalue weighted by Crippen LogP contribution is 2.21. The molecule has 0 fully saturated rings. The van der Waals surface area contributed by atoms with Gasteiger partial charge in [-0.15, -0.1) is 0 Å². The fraction of sp³-hybridized carbons (Fsp3) is 0.278. The fourth-order valence-corrected chi connectivity index (χ4v) is 3.48. The summed E-state index contributed by atoms with van der Waals surface area (Å²) in [6.45, 7) is 0.830. The molecule has 6 nitrogen and oxygen atoms in total. The van der Waals surface area contributed by atoms with E-state index in [1.54, 1.807) is 24.3 Å². The summed E-state index contributed by atoms with van der Waals surface area (Å²) in [5, 5.41) is 2.67. The summed E-state index contributed by atoms with van der Waals surface area (Å²) in [6.07, 6.45) is 1.07. The van der Waals surface area contributed by atoms with Crippen LogP contribution in [0.4, 0.5) is 5.69 Å². The van der Waals surface area contributed by atoms with Gasteiger partial charge in [-0.25, -0.2) is 8.42 Å². The van der Waals surface area contributed by atoms with Crippen LogP contribution in [0.1, 0.15) is 5.56 Å². The number of ether oxygens (including phenoxy) is 1. The zero-order valence-corrected chi connectivity index (χ0v) is 16.8. The second-order valence-corrected chi connectivity index (χ2v) is 8.46. The summed E-state index contributed by atoms with van der Waals surface area (Å²) in [4.78, 5) is 12.1. The summed E-state index contributed by atoms with van der Waals surface area (Å²) in [7, 11) is -3.58. The maximum absolute atomic E-state index is 12.1. The van der Waals surface area contributed by atoms with E-state index in [1.165, 1.54) is 0 Å². The molecule has 0 heterocycles. The molecule has 140 valence electrons. The van der Waals surface area contributed by atoms with Gasteiger partial charge >= 0.3 is 0 Å². The Labute approximate surface area is 162 Å². The topological polar surface area (TPSA) is 75.7 Å². The molecule has 0 radical (unpaired) electrons. The van der Waals surface area contributed by atoms with Crippen molar-refractivity contribution in [3.05, 3.63) is 64.6 Å². The predicted molar refractivity (Wildman–Crippen MR) is 105 cm³/mol. The number of benzene rings is 2. The van der Waals surface area contributed by atoms with E-state index in [9.17, 15) is 13.2 Å². The van der Waals surface area contributed by atoms with E-state index in [0.29, 0.717) is 25.4 Å². The van der Waals surface area contributed by atoms with Crippen LogP contribution in [0.3, 0.4) is 0 Å². The van der Waals surface area contributed by atoms with Gasteiger partial charge in [-0.3, -0.25) is 9.10 Å². The largest absolute Gasteiger partial charge is 0.375 e. The molecule has 0 aliphatic carbocycles. The number of amides is 1. The number of rotatable bonds is 9. The molecule has 0 aliphatic heterocycles. The smallest absolute Gasteiger partial charge is 0.240 e. The van der Waals surface area contributed by atoms with Crippen LogP contribution in [0.5, 0.6) is 0 Å². The van der Waals surface area contributed by atoms with Crippen molar-refractivity contribution in [1.29, 1.82) is 0 Å². The lowest BCUT2D eigenvalue weighted by atomic mass is 10.2. The zero-order valence-electron chi connectivity index (χ0n) is 14.4. The first kappa shape index (κ1) is 20.4. The molecule has 1 amide bonds. The Kier molecular flexibility index (Phi) is 7.62. The predicted octanol–water partition coefficient (Wildman–Crippen LogP) is 2.55. The van der Waals surface area contributed by atoms with Crippen molar-refractivity contribution in [3.63, 3.8) is 0 Å². The van der Waals surface area contributed by atoms with E-state index in [1.807, 2.05) is 30.3 Å². The van der Waals surface area contributed by atoms with Crippen LogP contribution in [0.15, 0.2) is 59.1 Å². The fourth-order valence-electron chi connectivity index (χ4n) is 2.24. The van der Waals surface area contributed by atoms with E-state index in [-0.39, 0.29) is 6.54 Å². The van der Waals surface area contributed by atoms with Crippen LogP contribution in [-0.4, -0.2) is 40.3 Å². The number of hydrogen-bond donors (Lipinski definition) is 1. The van der Waals surface area contributed by atoms with Crippen LogP contribution >= 0.6 is 15.9 Å². The average molecular weight is 441 g/mol. The van der Waals surface area contributed by atoms with Crippen molar-refractivity contribution in [1.82, 2.24) is 5.32 Å². The van der Waals surface area contributed by atoms with E-state index in [4.69, 9.17) is 4.74 Å². The first-order chi connectivity index (χ1) is 12.4. The normalized spacial score (nSPS) is 11.2. The van der Waals surface area contributed by atoms with Gasteiger partial charge < -0.3 is 10.1 Å². The number of nitrogens with one attached hydrogen (secondary N) is 1. The summed E-state index contributed by atoms with van der Waals surface area (Å²) in [5.74, 6) is -0.390. The molecule has 26 heavy (non-hydrogen) atoms. The number of halogens is 1. The number of anilines is 1. The van der Waals surface area contributed by atoms with Gasteiger partial charge in [0.1, 0.15) is 6.54 Å². The van der Waals surface area contributed by atoms with E-state index in [0.717, 1.165) is 20.6 Å². The Hall–Kier alpha value is -1.90. The van der Waals surface area contributed by atoms with Crippen LogP contribution < -0.4 is 9.62 Å². The van der Waals surface area contributed by atoms with Gasteiger partial charge in [0.15, 0.2) is 0 Å². The second kappa shape index (κ2) is 9.70. The number of nitrogens with zero attached hydrogens (tertiary/aromatic N) is 1. The monoisotopic (exact) mass is 440 g/mol. The molecule has 1 N–H and O–H groups in total. The molecule has 0 saturated heterocycles. The Bertz CT molecular complexity index is 828. The maximum atomic E-state index is 12.1. The highest BCUT2D eigenvalue weighted by molar-refractivity contribution is 9.10. The van der Waals surface area contributed by atoms with Crippen LogP contribution in [0.25, 0.3) is 0 Å². The van der Waals surface area contributed by atoms with Crippen molar-refractivity contribution in [2.75, 3.05) is 30.3 Å². The highest BCUT2D eigenvalue weighted by atomic mass is 79.9. The lowest BCUT2D eigenvalue weighted by Gasteiger charge is -2.22. The third-order valence-corrected chi connectivity index (χ3v) is 5.10. The molecule has 0 spiro atoms. The minimum absolute atomic E-state index is 0.284. The van der Waals surface area contributed by atoms with Gasteiger partial charge in [-0.2, -0.15) is 0 Å². The van der Waals surface area contributed by atoms with E-state index >= 15 is 0 Å². The zero-order chi connectivity index (χ0) is 19.0. The lowest BCUT2D eigenvalue weighted by molar-refractivity contribution is -0.119. The first-order valence-electron chi connectivity index (χ1n) is 7.98. The third kappa shape index (κ3) is 6.78. The molecule has 0 atom stereocenters. The van der Waals surface area contributed by atoms with Gasteiger partial charge in [0, 0.05) is 11.0 Å². The molecule has 0 bridgehead atoms. The van der Waals surface area contributed by atoms with Gasteiger partial charge in [0.05, 0.1) is 25.2 Å². The van der Waals surface area contributed by atoms with Gasteiger partial charge in [-0.05, 0) is 23.8 Å². The van der Waals surface area contributed by atoms with E-state index < -0.39 is 15.9 Å². The number of carbonyl (C=O) groups excluding carboxylic acids is 1. The van der Waals surface area contributed by atoms with Crippen molar-refractivity contribution < 1.29 is 17.9 Å². The van der Waals surface area contributed by atoms with Crippen molar-refractivity contribution in [2.24, 2.45) is 0 Å². The van der Waals surface area contributed by atoms with Crippen LogP contribution in [-0.2, 0) is 26.2 Å². The first-order valence-corrected chi connectivity index (χ1v) is 10.6. The van der Waals surface area contributed by atoms with Gasteiger partial charge in [-0.1, -0.05) is 52.3 Å². The van der Waals surface area contributed by atoms with Gasteiger partial charge in [0.25, 0.3) is 0 Å². The molecule has 8 heteroatoms. The van der Waals surface area contributed by atoms with E-state index in [2.05, 4.69) is 21.2 Å². The summed E-state index contributed by atoms with van der Waals surface area (Å²) in [6, 6.07) is 16.5. The van der Waals surface area contributed by atoms with Crippen molar-refractivity contribution in [3.8, 4) is 0 Å². The Morgan fingerprint density at radius 2 is 1.88 bits per heavy atom. The molecule has 0 aliphatic rings. The average Bonchev–Trinajstić information content (AvgIpc) is 2.59. The summed E-state index contributed by atoms with van der Waals surface area (Å²) >= 11 is 3.30. The molecule has 0 aromatic heterocycles. The molecule has 2 aromatic carbocycles. The van der Waals surface area contributed by atoms with Crippen LogP contribution in [0.2, 0.25) is 0 Å². The third-order valence-electron chi connectivity index (χ3n) is 3.46. The minimum atomic E-state index is -3.58. The highest BCUT2D eigenvalue weighted by Gasteiger charge is 2.20. The minimum Gasteiger partial charge on any atom is -0.375 e. The number of sulfonamides is 1. The molecular weight excluding hydrogens is 420 g/mol. The maximum Gasteiger partial charge on any atom is 0.240 e. The van der Waals surface area contributed by atoms with Crippen molar-refractivity contribution >= 4 is 37.5 Å². The molecular formula is C18H21BrN2O4S. The molecule has 2 aromatic rings. The Balaban J connectivity index is 1.82. The standard InChI is InChI=1S/C18H21BrN2O4S/c1-26(23,24)21(17-9-5-8-16(19)12-17)13-18(22)20-10-11-25-14-15-6-3-2-4-7-15/h2-9,12H,10-11,13-14H2,1H3,(H,20,22). The number of hydrogen-bond acceptors (Lipinski definition) is 4. The number of carbonyl (C=O) groups is 1. The molecule has 2 rings (SSSR count). The summed E-state index contributed by atoms with van der Waals surface area (Å²) in [5.41, 5.74) is 1.48. The van der Waals surface area contributed by atoms with Crippen LogP contribution in [0, 0.1) is 0 Å². The molecule has 0 saturated carbocycles. The lowest BCUT2D eigenvalue weighted by Crippen LogP contribution is -2.41. The second-order valence-electron chi connectivity index (χ2n) is 5.64. The van der Waals surface area contributed by atoms with Crippen molar-refractivity contribution in [2.45, 2.75) is 6.61 Å². The van der Waals surface area contributed by atoms with Gasteiger partial charge in [0.2, 0.25) is 15.9 Å².